The molecule has 2 aromatic rings. The quantitative estimate of drug-likeness (QED) is 0.918. The molecule has 1 aromatic heterocycles. The van der Waals surface area contributed by atoms with E-state index in [0.717, 1.165) is 11.8 Å². The maximum Gasteiger partial charge on any atom is 0.416 e. The van der Waals surface area contributed by atoms with Crippen LogP contribution in [-0.4, -0.2) is 4.98 Å². The van der Waals surface area contributed by atoms with Crippen molar-refractivity contribution < 1.29 is 13.2 Å². The first-order chi connectivity index (χ1) is 8.97. The van der Waals surface area contributed by atoms with Gasteiger partial charge in [0.05, 0.1) is 16.8 Å². The molecule has 0 saturated heterocycles. The number of rotatable bonds is 4. The lowest BCUT2D eigenvalue weighted by Gasteiger charge is -2.15. The molecule has 0 spiro atoms. The highest BCUT2D eigenvalue weighted by Gasteiger charge is 2.30. The molecule has 1 heterocycles. The fourth-order valence-electron chi connectivity index (χ4n) is 1.68. The summed E-state index contributed by atoms with van der Waals surface area (Å²) in [6, 6.07) is 5.21. The van der Waals surface area contributed by atoms with E-state index in [1.807, 2.05) is 12.3 Å². The van der Waals surface area contributed by atoms with Crippen LogP contribution in [0.3, 0.4) is 0 Å². The van der Waals surface area contributed by atoms with E-state index in [4.69, 9.17) is 0 Å². The Labute approximate surface area is 113 Å². The van der Waals surface area contributed by atoms with Gasteiger partial charge in [-0.25, -0.2) is 4.98 Å². The van der Waals surface area contributed by atoms with Gasteiger partial charge in [-0.15, -0.1) is 11.3 Å². The van der Waals surface area contributed by atoms with E-state index in [9.17, 15) is 13.2 Å². The van der Waals surface area contributed by atoms with Gasteiger partial charge in [0.1, 0.15) is 0 Å². The minimum atomic E-state index is -4.30. The molecule has 0 aliphatic heterocycles. The predicted molar refractivity (Wildman–Crippen MR) is 68.8 cm³/mol. The second-order valence-corrected chi connectivity index (χ2v) is 4.92. The summed E-state index contributed by atoms with van der Waals surface area (Å²) in [6.45, 7) is 2.38. The molecule has 2 nitrogen and oxygen atoms in total. The Bertz CT molecular complexity index is 523. The van der Waals surface area contributed by atoms with Crippen LogP contribution >= 0.6 is 11.3 Å². The minimum absolute atomic E-state index is 0.163. The van der Waals surface area contributed by atoms with Crippen molar-refractivity contribution in [3.05, 3.63) is 52.0 Å². The monoisotopic (exact) mass is 286 g/mol. The zero-order valence-electron chi connectivity index (χ0n) is 10.2. The van der Waals surface area contributed by atoms with Gasteiger partial charge in [-0.3, -0.25) is 0 Å². The standard InChI is InChI=1S/C13H13F3N2S/c1-9(17-6-12-7-19-8-18-12)10-3-2-4-11(5-10)13(14,15)16/h2-5,7-9,17H,6H2,1H3. The number of alkyl halides is 3. The second kappa shape index (κ2) is 5.71. The molecule has 2 rings (SSSR count). The third-order valence-corrected chi connectivity index (χ3v) is 3.42. The van der Waals surface area contributed by atoms with Gasteiger partial charge in [-0.1, -0.05) is 12.1 Å². The minimum Gasteiger partial charge on any atom is -0.305 e. The number of hydrogen-bond acceptors (Lipinski definition) is 3. The number of thiazole rings is 1. The fourth-order valence-corrected chi connectivity index (χ4v) is 2.24. The Morgan fingerprint density at radius 2 is 2.16 bits per heavy atom. The van der Waals surface area contributed by atoms with Crippen LogP contribution in [0.25, 0.3) is 0 Å². The lowest BCUT2D eigenvalue weighted by atomic mass is 10.0. The molecule has 1 aromatic carbocycles. The molecule has 19 heavy (non-hydrogen) atoms. The second-order valence-electron chi connectivity index (χ2n) is 4.21. The molecular formula is C13H13F3N2S. The topological polar surface area (TPSA) is 24.9 Å². The van der Waals surface area contributed by atoms with E-state index in [-0.39, 0.29) is 6.04 Å². The molecule has 0 aliphatic carbocycles. The molecule has 0 amide bonds. The van der Waals surface area contributed by atoms with Gasteiger partial charge in [0.2, 0.25) is 0 Å². The van der Waals surface area contributed by atoms with Gasteiger partial charge >= 0.3 is 6.18 Å². The lowest BCUT2D eigenvalue weighted by Crippen LogP contribution is -2.19. The van der Waals surface area contributed by atoms with Crippen LogP contribution in [0.2, 0.25) is 0 Å². The van der Waals surface area contributed by atoms with E-state index in [1.165, 1.54) is 23.5 Å². The number of nitrogens with one attached hydrogen (secondary N) is 1. The molecule has 0 bridgehead atoms. The van der Waals surface area contributed by atoms with Crippen molar-refractivity contribution in [1.29, 1.82) is 0 Å². The van der Waals surface area contributed by atoms with Crippen molar-refractivity contribution in [2.24, 2.45) is 0 Å². The molecule has 0 saturated carbocycles. The van der Waals surface area contributed by atoms with Crippen molar-refractivity contribution >= 4 is 11.3 Å². The van der Waals surface area contributed by atoms with Crippen molar-refractivity contribution in [1.82, 2.24) is 10.3 Å². The van der Waals surface area contributed by atoms with Crippen LogP contribution in [0.5, 0.6) is 0 Å². The Morgan fingerprint density at radius 3 is 2.79 bits per heavy atom. The normalized spacial score (nSPS) is 13.5. The zero-order valence-corrected chi connectivity index (χ0v) is 11.1. The van der Waals surface area contributed by atoms with Crippen LogP contribution in [-0.2, 0) is 12.7 Å². The van der Waals surface area contributed by atoms with Gasteiger partial charge in [-0.2, -0.15) is 13.2 Å². The van der Waals surface area contributed by atoms with Crippen molar-refractivity contribution in [3.8, 4) is 0 Å². The highest BCUT2D eigenvalue weighted by atomic mass is 32.1. The average molecular weight is 286 g/mol. The first-order valence-electron chi connectivity index (χ1n) is 5.74. The van der Waals surface area contributed by atoms with Gasteiger partial charge in [0.15, 0.2) is 0 Å². The summed E-state index contributed by atoms with van der Waals surface area (Å²) in [7, 11) is 0. The number of halogens is 3. The highest BCUT2D eigenvalue weighted by Crippen LogP contribution is 2.30. The van der Waals surface area contributed by atoms with Gasteiger partial charge in [-0.05, 0) is 24.6 Å². The SMILES string of the molecule is CC(NCc1cscn1)c1cccc(C(F)(F)F)c1. The maximum absolute atomic E-state index is 12.6. The van der Waals surface area contributed by atoms with E-state index in [1.54, 1.807) is 11.6 Å². The van der Waals surface area contributed by atoms with Gasteiger partial charge < -0.3 is 5.32 Å². The highest BCUT2D eigenvalue weighted by molar-refractivity contribution is 7.07. The van der Waals surface area contributed by atoms with Crippen LogP contribution in [0, 0.1) is 0 Å². The summed E-state index contributed by atoms with van der Waals surface area (Å²) in [5.41, 5.74) is 2.62. The molecule has 1 N–H and O–H groups in total. The van der Waals surface area contributed by atoms with Crippen molar-refractivity contribution in [3.63, 3.8) is 0 Å². The lowest BCUT2D eigenvalue weighted by molar-refractivity contribution is -0.137. The van der Waals surface area contributed by atoms with Gasteiger partial charge in [0, 0.05) is 18.0 Å². The first-order valence-corrected chi connectivity index (χ1v) is 6.68. The number of hydrogen-bond donors (Lipinski definition) is 1. The van der Waals surface area contributed by atoms with E-state index in [2.05, 4.69) is 10.3 Å². The summed E-state index contributed by atoms with van der Waals surface area (Å²) in [6.07, 6.45) is -4.30. The van der Waals surface area contributed by atoms with Crippen molar-refractivity contribution in [2.75, 3.05) is 0 Å². The van der Waals surface area contributed by atoms with E-state index in [0.29, 0.717) is 12.1 Å². The maximum atomic E-state index is 12.6. The molecule has 1 atom stereocenters. The molecule has 0 fully saturated rings. The summed E-state index contributed by atoms with van der Waals surface area (Å²) in [4.78, 5) is 4.11. The molecule has 102 valence electrons. The van der Waals surface area contributed by atoms with Crippen LogP contribution in [0.4, 0.5) is 13.2 Å². The number of nitrogens with zero attached hydrogens (tertiary/aromatic N) is 1. The molecule has 0 aliphatic rings. The van der Waals surface area contributed by atoms with Crippen LogP contribution in [0.15, 0.2) is 35.2 Å². The largest absolute Gasteiger partial charge is 0.416 e. The first kappa shape index (κ1) is 14.0. The fraction of sp³-hybridized carbons (Fsp3) is 0.308. The smallest absolute Gasteiger partial charge is 0.305 e. The van der Waals surface area contributed by atoms with Crippen molar-refractivity contribution in [2.45, 2.75) is 25.7 Å². The van der Waals surface area contributed by atoms with E-state index < -0.39 is 11.7 Å². The summed E-state index contributed by atoms with van der Waals surface area (Å²) in [5.74, 6) is 0. The zero-order chi connectivity index (χ0) is 13.9. The Kier molecular flexibility index (Phi) is 4.21. The predicted octanol–water partition coefficient (Wildman–Crippen LogP) is 4.01. The number of benzene rings is 1. The molecule has 0 radical (unpaired) electrons. The third-order valence-electron chi connectivity index (χ3n) is 2.79. The summed E-state index contributed by atoms with van der Waals surface area (Å²) in [5, 5.41) is 5.07. The summed E-state index contributed by atoms with van der Waals surface area (Å²) >= 11 is 1.49. The molecule has 1 unspecified atom stereocenters. The molecular weight excluding hydrogens is 273 g/mol. The van der Waals surface area contributed by atoms with Gasteiger partial charge in [0.25, 0.3) is 0 Å². The Balaban J connectivity index is 2.04. The summed E-state index contributed by atoms with van der Waals surface area (Å²) < 4.78 is 37.8. The third kappa shape index (κ3) is 3.78. The van der Waals surface area contributed by atoms with E-state index >= 15 is 0 Å². The molecule has 6 heteroatoms. The Hall–Kier alpha value is -1.40. The Morgan fingerprint density at radius 1 is 1.37 bits per heavy atom. The van der Waals surface area contributed by atoms with Crippen LogP contribution < -0.4 is 5.32 Å². The number of aromatic nitrogens is 1. The average Bonchev–Trinajstić information content (AvgIpc) is 2.88. The van der Waals surface area contributed by atoms with Crippen LogP contribution in [0.1, 0.15) is 29.8 Å².